The zero-order valence-electron chi connectivity index (χ0n) is 8.73. The number of carboxylic acids is 1. The third-order valence-corrected chi connectivity index (χ3v) is 1.72. The molecule has 5 heteroatoms. The molecule has 5 nitrogen and oxygen atoms in total. The lowest BCUT2D eigenvalue weighted by molar-refractivity contribution is -0.131. The number of carboxylic acid groups (broad SMARTS) is 1. The van der Waals surface area contributed by atoms with Crippen LogP contribution in [0, 0.1) is 6.92 Å². The third-order valence-electron chi connectivity index (χ3n) is 1.72. The smallest absolute Gasteiger partial charge is 0.329 e. The Labute approximate surface area is 92.8 Å². The van der Waals surface area contributed by atoms with Gasteiger partial charge in [-0.1, -0.05) is 12.1 Å². The van der Waals surface area contributed by atoms with Crippen LogP contribution in [0.3, 0.4) is 0 Å². The van der Waals surface area contributed by atoms with E-state index in [1.54, 1.807) is 12.1 Å². The second-order valence-electron chi connectivity index (χ2n) is 3.14. The first kappa shape index (κ1) is 11.8. The van der Waals surface area contributed by atoms with Crippen molar-refractivity contribution in [2.45, 2.75) is 6.92 Å². The number of aliphatic carboxylic acids is 1. The molecule has 84 valence electrons. The van der Waals surface area contributed by atoms with Crippen LogP contribution in [0.1, 0.15) is 5.56 Å². The van der Waals surface area contributed by atoms with Crippen LogP contribution in [-0.2, 0) is 4.79 Å². The van der Waals surface area contributed by atoms with Gasteiger partial charge >= 0.3 is 12.0 Å². The van der Waals surface area contributed by atoms with Crippen molar-refractivity contribution in [2.24, 2.45) is 0 Å². The summed E-state index contributed by atoms with van der Waals surface area (Å²) in [5.74, 6) is -1.11. The number of aryl methyl sites for hydroxylation is 1. The lowest BCUT2D eigenvalue weighted by atomic mass is 10.2. The minimum Gasteiger partial charge on any atom is -0.478 e. The molecule has 1 aromatic carbocycles. The first-order valence-corrected chi connectivity index (χ1v) is 4.61. The first-order valence-electron chi connectivity index (χ1n) is 4.61. The number of hydrogen-bond acceptors (Lipinski definition) is 2. The Kier molecular flexibility index (Phi) is 4.08. The second kappa shape index (κ2) is 5.55. The Hall–Kier alpha value is -2.30. The first-order chi connectivity index (χ1) is 7.58. The highest BCUT2D eigenvalue weighted by Gasteiger charge is 1.98. The maximum Gasteiger partial charge on any atom is 0.329 e. The molecule has 0 unspecified atom stereocenters. The topological polar surface area (TPSA) is 78.4 Å². The van der Waals surface area contributed by atoms with Crippen molar-refractivity contribution in [3.63, 3.8) is 0 Å². The van der Waals surface area contributed by atoms with Crippen molar-refractivity contribution in [3.8, 4) is 0 Å². The SMILES string of the molecule is Cc1cccc(NC(=O)N/C=C/C(=O)O)c1. The normalized spacial score (nSPS) is 10.1. The predicted octanol–water partition coefficient (Wildman–Crippen LogP) is 1.71. The van der Waals surface area contributed by atoms with Crippen molar-refractivity contribution in [1.82, 2.24) is 5.32 Å². The Morgan fingerprint density at radius 3 is 2.75 bits per heavy atom. The Morgan fingerprint density at radius 1 is 1.38 bits per heavy atom. The number of benzene rings is 1. The summed E-state index contributed by atoms with van der Waals surface area (Å²) in [7, 11) is 0. The number of rotatable bonds is 3. The summed E-state index contributed by atoms with van der Waals surface area (Å²) >= 11 is 0. The predicted molar refractivity (Wildman–Crippen MR) is 60.1 cm³/mol. The standard InChI is InChI=1S/C11H12N2O3/c1-8-3-2-4-9(7-8)13-11(16)12-6-5-10(14)15/h2-7H,1H3,(H,14,15)(H2,12,13,16)/b6-5+. The molecule has 2 amide bonds. The number of anilines is 1. The van der Waals surface area contributed by atoms with Crippen molar-refractivity contribution in [1.29, 1.82) is 0 Å². The van der Waals surface area contributed by atoms with Crippen LogP contribution in [0.4, 0.5) is 10.5 Å². The number of nitrogens with one attached hydrogen (secondary N) is 2. The van der Waals surface area contributed by atoms with E-state index in [9.17, 15) is 9.59 Å². The van der Waals surface area contributed by atoms with Crippen molar-refractivity contribution >= 4 is 17.7 Å². The van der Waals surface area contributed by atoms with E-state index in [2.05, 4.69) is 10.6 Å². The van der Waals surface area contributed by atoms with Crippen LogP contribution in [0.2, 0.25) is 0 Å². The molecule has 16 heavy (non-hydrogen) atoms. The van der Waals surface area contributed by atoms with E-state index < -0.39 is 12.0 Å². The van der Waals surface area contributed by atoms with Gasteiger partial charge in [0.25, 0.3) is 0 Å². The molecule has 0 heterocycles. The quantitative estimate of drug-likeness (QED) is 0.678. The fourth-order valence-corrected chi connectivity index (χ4v) is 1.08. The second-order valence-corrected chi connectivity index (χ2v) is 3.14. The summed E-state index contributed by atoms with van der Waals surface area (Å²) in [6, 6.07) is 6.79. The summed E-state index contributed by atoms with van der Waals surface area (Å²) in [6.07, 6.45) is 1.91. The van der Waals surface area contributed by atoms with Gasteiger partial charge in [0.15, 0.2) is 0 Å². The number of carbonyl (C=O) groups excluding carboxylic acids is 1. The van der Waals surface area contributed by atoms with Gasteiger partial charge in [-0.25, -0.2) is 9.59 Å². The van der Waals surface area contributed by atoms with E-state index in [1.807, 2.05) is 19.1 Å². The van der Waals surface area contributed by atoms with Crippen LogP contribution in [0.15, 0.2) is 36.5 Å². The molecule has 0 atom stereocenters. The molecule has 1 rings (SSSR count). The van der Waals surface area contributed by atoms with Crippen LogP contribution in [0.25, 0.3) is 0 Å². The summed E-state index contributed by atoms with van der Waals surface area (Å²) in [6.45, 7) is 1.91. The van der Waals surface area contributed by atoms with E-state index >= 15 is 0 Å². The molecule has 0 saturated carbocycles. The third kappa shape index (κ3) is 4.28. The highest BCUT2D eigenvalue weighted by atomic mass is 16.4. The average molecular weight is 220 g/mol. The maximum atomic E-state index is 11.2. The summed E-state index contributed by atoms with van der Waals surface area (Å²) in [5.41, 5.74) is 1.68. The molecule has 1 aromatic rings. The summed E-state index contributed by atoms with van der Waals surface area (Å²) in [4.78, 5) is 21.4. The van der Waals surface area contributed by atoms with Crippen molar-refractivity contribution < 1.29 is 14.7 Å². The molecular weight excluding hydrogens is 208 g/mol. The van der Waals surface area contributed by atoms with Crippen molar-refractivity contribution in [3.05, 3.63) is 42.1 Å². The number of hydrogen-bond donors (Lipinski definition) is 3. The zero-order chi connectivity index (χ0) is 12.0. The molecular formula is C11H12N2O3. The van der Waals surface area contributed by atoms with Gasteiger partial charge in [-0.2, -0.15) is 0 Å². The Balaban J connectivity index is 2.49. The lowest BCUT2D eigenvalue weighted by Gasteiger charge is -2.04. The largest absolute Gasteiger partial charge is 0.478 e. The number of carbonyl (C=O) groups is 2. The minimum atomic E-state index is -1.11. The molecule has 0 saturated heterocycles. The molecule has 0 aliphatic heterocycles. The molecule has 0 aliphatic rings. The molecule has 0 aromatic heterocycles. The molecule has 0 fully saturated rings. The fourth-order valence-electron chi connectivity index (χ4n) is 1.08. The van der Waals surface area contributed by atoms with Crippen molar-refractivity contribution in [2.75, 3.05) is 5.32 Å². The monoisotopic (exact) mass is 220 g/mol. The van der Waals surface area contributed by atoms with E-state index in [-0.39, 0.29) is 0 Å². The minimum absolute atomic E-state index is 0.483. The maximum absolute atomic E-state index is 11.2. The van der Waals surface area contributed by atoms with Crippen LogP contribution >= 0.6 is 0 Å². The van der Waals surface area contributed by atoms with Gasteiger partial charge < -0.3 is 15.7 Å². The van der Waals surface area contributed by atoms with E-state index in [4.69, 9.17) is 5.11 Å². The molecule has 0 aliphatic carbocycles. The van der Waals surface area contributed by atoms with Gasteiger partial charge in [-0.05, 0) is 24.6 Å². The number of urea groups is 1. The van der Waals surface area contributed by atoms with Gasteiger partial charge in [-0.15, -0.1) is 0 Å². The molecule has 3 N–H and O–H groups in total. The zero-order valence-corrected chi connectivity index (χ0v) is 8.73. The van der Waals surface area contributed by atoms with E-state index in [1.165, 1.54) is 0 Å². The number of amides is 2. The van der Waals surface area contributed by atoms with Gasteiger partial charge in [-0.3, -0.25) is 0 Å². The average Bonchev–Trinajstić information content (AvgIpc) is 2.16. The van der Waals surface area contributed by atoms with Gasteiger partial charge in [0, 0.05) is 18.0 Å². The highest BCUT2D eigenvalue weighted by Crippen LogP contribution is 2.08. The van der Waals surface area contributed by atoms with E-state index in [0.29, 0.717) is 5.69 Å². The highest BCUT2D eigenvalue weighted by molar-refractivity contribution is 5.90. The summed E-state index contributed by atoms with van der Waals surface area (Å²) < 4.78 is 0. The van der Waals surface area contributed by atoms with Crippen LogP contribution < -0.4 is 10.6 Å². The Morgan fingerprint density at radius 2 is 2.12 bits per heavy atom. The van der Waals surface area contributed by atoms with Crippen LogP contribution in [0.5, 0.6) is 0 Å². The van der Waals surface area contributed by atoms with Crippen LogP contribution in [-0.4, -0.2) is 17.1 Å². The fraction of sp³-hybridized carbons (Fsp3) is 0.0909. The molecule has 0 spiro atoms. The molecule has 0 bridgehead atoms. The lowest BCUT2D eigenvalue weighted by Crippen LogP contribution is -2.24. The van der Waals surface area contributed by atoms with Gasteiger partial charge in [0.2, 0.25) is 0 Å². The Bertz CT molecular complexity index is 427. The van der Waals surface area contributed by atoms with E-state index in [0.717, 1.165) is 17.8 Å². The molecule has 0 radical (unpaired) electrons. The van der Waals surface area contributed by atoms with Gasteiger partial charge in [0.05, 0.1) is 0 Å². The van der Waals surface area contributed by atoms with Gasteiger partial charge in [0.1, 0.15) is 0 Å². The summed E-state index contributed by atoms with van der Waals surface area (Å²) in [5, 5.41) is 13.1.